The summed E-state index contributed by atoms with van der Waals surface area (Å²) >= 11 is 0. The van der Waals surface area contributed by atoms with Crippen molar-refractivity contribution in [2.24, 2.45) is 0 Å². The average molecular weight is 322 g/mol. The minimum Gasteiger partial charge on any atom is -0.505 e. The summed E-state index contributed by atoms with van der Waals surface area (Å²) < 4.78 is 52.5. The van der Waals surface area contributed by atoms with Crippen LogP contribution in [0.15, 0.2) is 34.1 Å². The second kappa shape index (κ2) is 5.84. The summed E-state index contributed by atoms with van der Waals surface area (Å²) in [5.41, 5.74) is 0. The maximum atomic E-state index is 13.4. The molecular formula is C12H6F4O2S2. The molecule has 0 amide bonds. The number of hydrogen-bond donors (Lipinski definition) is 2. The van der Waals surface area contributed by atoms with E-state index in [0.717, 1.165) is 12.1 Å². The van der Waals surface area contributed by atoms with Gasteiger partial charge < -0.3 is 10.2 Å². The molecule has 20 heavy (non-hydrogen) atoms. The molecule has 0 heterocycles. The van der Waals surface area contributed by atoms with Crippen LogP contribution in [0, 0.1) is 23.3 Å². The Labute approximate surface area is 118 Å². The normalized spacial score (nSPS) is 10.8. The van der Waals surface area contributed by atoms with E-state index in [4.69, 9.17) is 10.2 Å². The first kappa shape index (κ1) is 14.9. The van der Waals surface area contributed by atoms with Crippen molar-refractivity contribution in [3.05, 3.63) is 47.5 Å². The minimum atomic E-state index is -1.11. The highest BCUT2D eigenvalue weighted by atomic mass is 33.1. The topological polar surface area (TPSA) is 40.5 Å². The Kier molecular flexibility index (Phi) is 4.34. The quantitative estimate of drug-likeness (QED) is 0.647. The Bertz CT molecular complexity index is 607. The average Bonchev–Trinajstić information content (AvgIpc) is 2.37. The minimum absolute atomic E-state index is 0.128. The van der Waals surface area contributed by atoms with Crippen LogP contribution in [0.2, 0.25) is 0 Å². The van der Waals surface area contributed by atoms with Crippen molar-refractivity contribution in [2.45, 2.75) is 9.79 Å². The molecule has 2 N–H and O–H groups in total. The molecule has 0 aliphatic heterocycles. The highest BCUT2D eigenvalue weighted by Crippen LogP contribution is 2.42. The van der Waals surface area contributed by atoms with Crippen LogP contribution < -0.4 is 0 Å². The predicted molar refractivity (Wildman–Crippen MR) is 67.8 cm³/mol. The fraction of sp³-hybridized carbons (Fsp3) is 0. The molecule has 0 aliphatic carbocycles. The Balaban J connectivity index is 2.21. The van der Waals surface area contributed by atoms with E-state index >= 15 is 0 Å². The van der Waals surface area contributed by atoms with Crippen LogP contribution in [-0.4, -0.2) is 10.2 Å². The smallest absolute Gasteiger partial charge is 0.167 e. The van der Waals surface area contributed by atoms with Crippen molar-refractivity contribution in [3.63, 3.8) is 0 Å². The summed E-state index contributed by atoms with van der Waals surface area (Å²) in [6, 6.07) is 2.70. The van der Waals surface area contributed by atoms with Crippen molar-refractivity contribution in [2.75, 3.05) is 0 Å². The van der Waals surface area contributed by atoms with E-state index in [9.17, 15) is 17.6 Å². The van der Waals surface area contributed by atoms with E-state index in [1.165, 1.54) is 0 Å². The van der Waals surface area contributed by atoms with Gasteiger partial charge in [0.05, 0.1) is 9.79 Å². The molecule has 0 fully saturated rings. The molecule has 0 bridgehead atoms. The molecule has 2 nitrogen and oxygen atoms in total. The van der Waals surface area contributed by atoms with Gasteiger partial charge in [0.2, 0.25) is 0 Å². The van der Waals surface area contributed by atoms with Gasteiger partial charge in [-0.2, -0.15) is 0 Å². The number of phenolic OH excluding ortho intramolecular Hbond substituents is 2. The molecule has 0 saturated heterocycles. The van der Waals surface area contributed by atoms with Gasteiger partial charge in [0.25, 0.3) is 0 Å². The number of aromatic hydroxyl groups is 2. The first-order valence-corrected chi connectivity index (χ1v) is 7.24. The molecule has 0 radical (unpaired) electrons. The van der Waals surface area contributed by atoms with E-state index in [0.29, 0.717) is 33.7 Å². The molecule has 0 spiro atoms. The van der Waals surface area contributed by atoms with Crippen LogP contribution in [-0.2, 0) is 0 Å². The SMILES string of the molecule is Oc1cc(SSc2cc(O)c(F)cc2F)c(F)cc1F. The van der Waals surface area contributed by atoms with E-state index < -0.39 is 34.8 Å². The number of hydrogen-bond acceptors (Lipinski definition) is 4. The van der Waals surface area contributed by atoms with Crippen molar-refractivity contribution < 1.29 is 27.8 Å². The summed E-state index contributed by atoms with van der Waals surface area (Å²) in [5, 5.41) is 18.3. The lowest BCUT2D eigenvalue weighted by molar-refractivity contribution is 0.424. The lowest BCUT2D eigenvalue weighted by Gasteiger charge is -2.06. The number of halogens is 4. The summed E-state index contributed by atoms with van der Waals surface area (Å²) in [4.78, 5) is -0.255. The van der Waals surface area contributed by atoms with Gasteiger partial charge in [0.15, 0.2) is 23.1 Å². The van der Waals surface area contributed by atoms with Gasteiger partial charge >= 0.3 is 0 Å². The van der Waals surface area contributed by atoms with Crippen LogP contribution in [0.5, 0.6) is 11.5 Å². The molecule has 0 saturated carbocycles. The zero-order valence-electron chi connectivity index (χ0n) is 9.53. The fourth-order valence-corrected chi connectivity index (χ4v) is 3.34. The molecule has 2 rings (SSSR count). The third-order valence-corrected chi connectivity index (χ3v) is 4.62. The molecule has 2 aromatic carbocycles. The Hall–Kier alpha value is -1.54. The molecule has 0 atom stereocenters. The Morgan fingerprint density at radius 2 is 0.950 bits per heavy atom. The standard InChI is InChI=1S/C12H6F4O2S2/c13-5-1-7(15)11(3-9(5)17)19-20-12-4-10(18)6(14)2-8(12)16/h1-4,17-18H. The van der Waals surface area contributed by atoms with Crippen molar-refractivity contribution >= 4 is 21.6 Å². The van der Waals surface area contributed by atoms with Crippen LogP contribution in [0.4, 0.5) is 17.6 Å². The van der Waals surface area contributed by atoms with Gasteiger partial charge in [-0.05, 0) is 21.6 Å². The summed E-state index contributed by atoms with van der Waals surface area (Å²) in [7, 11) is 1.39. The number of benzene rings is 2. The second-order valence-corrected chi connectivity index (χ2v) is 5.85. The first-order chi connectivity index (χ1) is 9.38. The molecule has 8 heteroatoms. The third-order valence-electron chi connectivity index (χ3n) is 2.22. The first-order valence-electron chi connectivity index (χ1n) is 5.09. The van der Waals surface area contributed by atoms with Gasteiger partial charge in [-0.25, -0.2) is 17.6 Å². The van der Waals surface area contributed by atoms with Gasteiger partial charge in [-0.1, -0.05) is 0 Å². The molecular weight excluding hydrogens is 316 g/mol. The molecule has 0 aromatic heterocycles. The Morgan fingerprint density at radius 1 is 0.600 bits per heavy atom. The van der Waals surface area contributed by atoms with Crippen molar-refractivity contribution in [1.82, 2.24) is 0 Å². The second-order valence-electron chi connectivity index (χ2n) is 3.63. The summed E-state index contributed by atoms with van der Waals surface area (Å²) in [6.45, 7) is 0. The van der Waals surface area contributed by atoms with Gasteiger partial charge in [0, 0.05) is 24.3 Å². The highest BCUT2D eigenvalue weighted by Gasteiger charge is 2.14. The maximum absolute atomic E-state index is 13.4. The monoisotopic (exact) mass is 322 g/mol. The number of phenols is 2. The molecule has 2 aromatic rings. The predicted octanol–water partition coefficient (Wildman–Crippen LogP) is 4.45. The van der Waals surface area contributed by atoms with Crippen molar-refractivity contribution in [3.8, 4) is 11.5 Å². The van der Waals surface area contributed by atoms with Crippen LogP contribution in [0.3, 0.4) is 0 Å². The van der Waals surface area contributed by atoms with E-state index in [2.05, 4.69) is 0 Å². The zero-order chi connectivity index (χ0) is 14.9. The summed E-state index contributed by atoms with van der Waals surface area (Å²) in [5.74, 6) is -5.55. The Morgan fingerprint density at radius 3 is 1.30 bits per heavy atom. The van der Waals surface area contributed by atoms with Crippen LogP contribution >= 0.6 is 21.6 Å². The third kappa shape index (κ3) is 3.13. The largest absolute Gasteiger partial charge is 0.505 e. The lowest BCUT2D eigenvalue weighted by Crippen LogP contribution is -1.86. The molecule has 0 aliphatic rings. The molecule has 0 unspecified atom stereocenters. The van der Waals surface area contributed by atoms with Crippen LogP contribution in [0.25, 0.3) is 0 Å². The van der Waals surface area contributed by atoms with Gasteiger partial charge in [-0.15, -0.1) is 0 Å². The maximum Gasteiger partial charge on any atom is 0.167 e. The zero-order valence-corrected chi connectivity index (χ0v) is 11.2. The lowest BCUT2D eigenvalue weighted by atomic mass is 10.3. The molecule has 106 valence electrons. The highest BCUT2D eigenvalue weighted by molar-refractivity contribution is 8.76. The van der Waals surface area contributed by atoms with E-state index in [-0.39, 0.29) is 9.79 Å². The van der Waals surface area contributed by atoms with Crippen LogP contribution in [0.1, 0.15) is 0 Å². The number of rotatable bonds is 3. The van der Waals surface area contributed by atoms with Gasteiger partial charge in [0.1, 0.15) is 11.6 Å². The van der Waals surface area contributed by atoms with Gasteiger partial charge in [-0.3, -0.25) is 0 Å². The van der Waals surface area contributed by atoms with E-state index in [1.807, 2.05) is 0 Å². The summed E-state index contributed by atoms with van der Waals surface area (Å²) in [6.07, 6.45) is 0. The fourth-order valence-electron chi connectivity index (χ4n) is 1.25. The van der Waals surface area contributed by atoms with Crippen molar-refractivity contribution in [1.29, 1.82) is 0 Å². The van der Waals surface area contributed by atoms with E-state index in [1.54, 1.807) is 0 Å².